The predicted octanol–water partition coefficient (Wildman–Crippen LogP) is 7.01. The van der Waals surface area contributed by atoms with Crippen LogP contribution in [0, 0.1) is 35.5 Å². The van der Waals surface area contributed by atoms with E-state index < -0.39 is 0 Å². The Morgan fingerprint density at radius 3 is 1.95 bits per heavy atom. The molecule has 0 amide bonds. The summed E-state index contributed by atoms with van der Waals surface area (Å²) in [5.41, 5.74) is 0. The lowest BCUT2D eigenvalue weighted by Crippen LogP contribution is -2.34. The van der Waals surface area contributed by atoms with Crippen molar-refractivity contribution in [3.8, 4) is 11.8 Å². The molecule has 3 saturated carbocycles. The molecular weight excluding hydrogens is 476 g/mol. The van der Waals surface area contributed by atoms with Crippen LogP contribution in [-0.2, 0) is 19.0 Å². The molecule has 3 aliphatic carbocycles. The monoisotopic (exact) mass is 530 g/mol. The van der Waals surface area contributed by atoms with Crippen LogP contribution in [0.5, 0.6) is 0 Å². The van der Waals surface area contributed by atoms with Crippen LogP contribution in [0.1, 0.15) is 116 Å². The number of aliphatic hydroxyl groups excluding tert-OH is 1. The van der Waals surface area contributed by atoms with Crippen molar-refractivity contribution in [1.82, 2.24) is 0 Å². The maximum Gasteiger partial charge on any atom is 0.330 e. The number of carbonyl (C=O) groups excluding carboxylic acids is 1. The molecule has 0 radical (unpaired) electrons. The molecule has 5 heteroatoms. The molecule has 5 nitrogen and oxygen atoms in total. The third-order valence-electron chi connectivity index (χ3n) is 8.94. The van der Waals surface area contributed by atoms with Gasteiger partial charge in [-0.05, 0) is 108 Å². The number of hydrogen-bond donors (Lipinski definition) is 1. The van der Waals surface area contributed by atoms with Crippen LogP contribution in [0.25, 0.3) is 0 Å². The van der Waals surface area contributed by atoms with Crippen molar-refractivity contribution in [1.29, 1.82) is 0 Å². The maximum absolute atomic E-state index is 11.0. The molecule has 0 aromatic carbocycles. The van der Waals surface area contributed by atoms with E-state index in [0.717, 1.165) is 89.3 Å². The van der Waals surface area contributed by atoms with Gasteiger partial charge in [-0.2, -0.15) is 0 Å². The van der Waals surface area contributed by atoms with Gasteiger partial charge in [-0.15, -0.1) is 0 Å². The largest absolute Gasteiger partial charge is 0.463 e. The van der Waals surface area contributed by atoms with Crippen molar-refractivity contribution in [3.05, 3.63) is 12.7 Å². The summed E-state index contributed by atoms with van der Waals surface area (Å²) in [7, 11) is 0. The minimum atomic E-state index is -0.327. The second kappa shape index (κ2) is 18.9. The van der Waals surface area contributed by atoms with Crippen molar-refractivity contribution >= 4 is 5.97 Å². The van der Waals surface area contributed by atoms with E-state index in [0.29, 0.717) is 37.3 Å². The summed E-state index contributed by atoms with van der Waals surface area (Å²) in [5, 5.41) is 8.85. The van der Waals surface area contributed by atoms with Gasteiger partial charge in [-0.25, -0.2) is 4.79 Å². The SMILES string of the molecule is C=CC(=O)OCCCCCCOC1CCC2CC(C#CC3CCC(OCCCCCCO)CC3)CCC2C1. The normalized spacial score (nSPS) is 29.1. The van der Waals surface area contributed by atoms with E-state index in [1.54, 1.807) is 0 Å². The smallest absolute Gasteiger partial charge is 0.330 e. The van der Waals surface area contributed by atoms with E-state index in [4.69, 9.17) is 19.3 Å². The molecule has 3 rings (SSSR count). The zero-order chi connectivity index (χ0) is 26.8. The zero-order valence-electron chi connectivity index (χ0n) is 23.9. The molecule has 0 aliphatic heterocycles. The predicted molar refractivity (Wildman–Crippen MR) is 153 cm³/mol. The number of fused-ring (bicyclic) bond motifs is 1. The van der Waals surface area contributed by atoms with Crippen LogP contribution < -0.4 is 0 Å². The first-order chi connectivity index (χ1) is 18.7. The lowest BCUT2D eigenvalue weighted by molar-refractivity contribution is -0.137. The van der Waals surface area contributed by atoms with E-state index in [9.17, 15) is 4.79 Å². The standard InChI is InChI=1S/C33H54O5/c1-2-33(35)38-24-10-6-5-9-23-37-32-20-17-29-25-28(13-16-30(29)26-32)12-11-27-14-18-31(19-15-27)36-22-8-4-3-7-21-34/h2,27-32,34H,1,3-10,13-26H2. The molecule has 3 aliphatic rings. The first-order valence-corrected chi connectivity index (χ1v) is 15.8. The number of unbranched alkanes of at least 4 members (excludes halogenated alkanes) is 6. The Hall–Kier alpha value is -1.35. The molecule has 3 fully saturated rings. The fourth-order valence-corrected chi connectivity index (χ4v) is 6.59. The van der Waals surface area contributed by atoms with Crippen molar-refractivity contribution in [2.24, 2.45) is 23.7 Å². The van der Waals surface area contributed by atoms with Gasteiger partial charge in [0.25, 0.3) is 0 Å². The third-order valence-corrected chi connectivity index (χ3v) is 8.94. The summed E-state index contributed by atoms with van der Waals surface area (Å²) in [6.45, 7) is 5.95. The maximum atomic E-state index is 11.0. The molecule has 38 heavy (non-hydrogen) atoms. The van der Waals surface area contributed by atoms with Crippen LogP contribution in [0.15, 0.2) is 12.7 Å². The van der Waals surface area contributed by atoms with Gasteiger partial charge in [0, 0.05) is 37.7 Å². The molecular formula is C33H54O5. The van der Waals surface area contributed by atoms with E-state index in [2.05, 4.69) is 18.4 Å². The molecule has 0 heterocycles. The quantitative estimate of drug-likeness (QED) is 0.101. The highest BCUT2D eigenvalue weighted by Crippen LogP contribution is 2.43. The number of aliphatic hydroxyl groups is 1. The Kier molecular flexibility index (Phi) is 15.5. The Balaban J connectivity index is 1.21. The Bertz CT molecular complexity index is 717. The Morgan fingerprint density at radius 1 is 0.684 bits per heavy atom. The average Bonchev–Trinajstić information content (AvgIpc) is 2.95. The minimum absolute atomic E-state index is 0.311. The van der Waals surface area contributed by atoms with Crippen molar-refractivity contribution in [2.45, 2.75) is 128 Å². The van der Waals surface area contributed by atoms with Crippen LogP contribution in [-0.4, -0.2) is 49.7 Å². The Morgan fingerprint density at radius 2 is 1.24 bits per heavy atom. The van der Waals surface area contributed by atoms with Gasteiger partial charge in [0.15, 0.2) is 0 Å². The van der Waals surface area contributed by atoms with Crippen molar-refractivity contribution in [2.75, 3.05) is 26.4 Å². The topological polar surface area (TPSA) is 65.0 Å². The molecule has 216 valence electrons. The van der Waals surface area contributed by atoms with E-state index in [-0.39, 0.29) is 5.97 Å². The third kappa shape index (κ3) is 12.2. The second-order valence-corrected chi connectivity index (χ2v) is 11.9. The van der Waals surface area contributed by atoms with Gasteiger partial charge < -0.3 is 19.3 Å². The minimum Gasteiger partial charge on any atom is -0.463 e. The van der Waals surface area contributed by atoms with Crippen LogP contribution in [0.2, 0.25) is 0 Å². The number of rotatable bonds is 16. The van der Waals surface area contributed by atoms with E-state index in [1.807, 2.05) is 0 Å². The highest BCUT2D eigenvalue weighted by atomic mass is 16.5. The van der Waals surface area contributed by atoms with E-state index >= 15 is 0 Å². The van der Waals surface area contributed by atoms with Gasteiger partial charge in [0.05, 0.1) is 18.8 Å². The molecule has 1 N–H and O–H groups in total. The van der Waals surface area contributed by atoms with Crippen molar-refractivity contribution in [3.63, 3.8) is 0 Å². The molecule has 0 aromatic heterocycles. The average molecular weight is 531 g/mol. The summed E-state index contributed by atoms with van der Waals surface area (Å²) in [4.78, 5) is 11.0. The summed E-state index contributed by atoms with van der Waals surface area (Å²) in [6.07, 6.45) is 23.0. The molecule has 0 saturated heterocycles. The molecule has 0 bridgehead atoms. The lowest BCUT2D eigenvalue weighted by atomic mass is 9.67. The van der Waals surface area contributed by atoms with E-state index in [1.165, 1.54) is 57.4 Å². The lowest BCUT2D eigenvalue weighted by Gasteiger charge is -2.41. The first kappa shape index (κ1) is 31.2. The summed E-state index contributed by atoms with van der Waals surface area (Å²) >= 11 is 0. The van der Waals surface area contributed by atoms with Crippen LogP contribution >= 0.6 is 0 Å². The number of ether oxygens (including phenoxy) is 3. The van der Waals surface area contributed by atoms with Gasteiger partial charge in [-0.3, -0.25) is 0 Å². The summed E-state index contributed by atoms with van der Waals surface area (Å²) in [6, 6.07) is 0. The Labute approximate surface area is 232 Å². The molecule has 0 aromatic rings. The molecule has 0 spiro atoms. The fourth-order valence-electron chi connectivity index (χ4n) is 6.59. The summed E-state index contributed by atoms with van der Waals surface area (Å²) in [5.74, 6) is 9.94. The molecule has 4 unspecified atom stereocenters. The zero-order valence-corrected chi connectivity index (χ0v) is 23.9. The highest BCUT2D eigenvalue weighted by Gasteiger charge is 2.35. The van der Waals surface area contributed by atoms with Crippen LogP contribution in [0.4, 0.5) is 0 Å². The second-order valence-electron chi connectivity index (χ2n) is 11.9. The number of carbonyl (C=O) groups is 1. The number of hydrogen-bond acceptors (Lipinski definition) is 5. The molecule has 4 atom stereocenters. The highest BCUT2D eigenvalue weighted by molar-refractivity contribution is 5.81. The van der Waals surface area contributed by atoms with Gasteiger partial charge in [0.1, 0.15) is 0 Å². The first-order valence-electron chi connectivity index (χ1n) is 15.8. The fraction of sp³-hybridized carbons (Fsp3) is 0.848. The van der Waals surface area contributed by atoms with Gasteiger partial charge in [-0.1, -0.05) is 37.7 Å². The van der Waals surface area contributed by atoms with Gasteiger partial charge in [0.2, 0.25) is 0 Å². The van der Waals surface area contributed by atoms with Crippen molar-refractivity contribution < 1.29 is 24.1 Å². The van der Waals surface area contributed by atoms with Crippen LogP contribution in [0.3, 0.4) is 0 Å². The van der Waals surface area contributed by atoms with Gasteiger partial charge >= 0.3 is 5.97 Å². The summed E-state index contributed by atoms with van der Waals surface area (Å²) < 4.78 is 17.4. The number of esters is 1.